The largest absolute Gasteiger partial charge is 0.497 e. The van der Waals surface area contributed by atoms with E-state index >= 15 is 0 Å². The van der Waals surface area contributed by atoms with Gasteiger partial charge in [0.25, 0.3) is 0 Å². The molecule has 0 amide bonds. The third kappa shape index (κ3) is 4.33. The summed E-state index contributed by atoms with van der Waals surface area (Å²) in [6, 6.07) is 17.3. The molecule has 1 unspecified atom stereocenters. The lowest BCUT2D eigenvalue weighted by atomic mass is 10.0. The molecule has 0 N–H and O–H groups in total. The van der Waals surface area contributed by atoms with E-state index in [1.54, 1.807) is 19.2 Å². The van der Waals surface area contributed by atoms with Crippen molar-refractivity contribution in [3.63, 3.8) is 0 Å². The van der Waals surface area contributed by atoms with Crippen molar-refractivity contribution in [1.82, 2.24) is 5.06 Å². The zero-order valence-electron chi connectivity index (χ0n) is 13.2. The monoisotopic (exact) mass is 299 g/mol. The summed E-state index contributed by atoms with van der Waals surface area (Å²) in [6.07, 6.45) is 0. The van der Waals surface area contributed by atoms with Crippen LogP contribution in [0.15, 0.2) is 54.6 Å². The van der Waals surface area contributed by atoms with Crippen LogP contribution in [-0.4, -0.2) is 25.2 Å². The fourth-order valence-corrected chi connectivity index (χ4v) is 2.13. The quantitative estimate of drug-likeness (QED) is 0.766. The molecule has 1 atom stereocenters. The number of nitrogens with zero attached hydrogens (tertiary/aromatic N) is 1. The third-order valence-corrected chi connectivity index (χ3v) is 3.46. The molecular weight excluding hydrogens is 278 g/mol. The van der Waals surface area contributed by atoms with Gasteiger partial charge >= 0.3 is 5.97 Å². The molecule has 0 aliphatic rings. The van der Waals surface area contributed by atoms with E-state index in [4.69, 9.17) is 9.57 Å². The van der Waals surface area contributed by atoms with Crippen LogP contribution in [-0.2, 0) is 16.2 Å². The van der Waals surface area contributed by atoms with E-state index in [1.807, 2.05) is 61.5 Å². The SMILES string of the molecule is COc1ccc(C(C)C(=O)ON(C)Cc2ccccc2)cc1. The second kappa shape index (κ2) is 7.61. The summed E-state index contributed by atoms with van der Waals surface area (Å²) in [5.74, 6) is 0.165. The summed E-state index contributed by atoms with van der Waals surface area (Å²) < 4.78 is 5.12. The van der Waals surface area contributed by atoms with E-state index in [1.165, 1.54) is 0 Å². The molecule has 2 rings (SSSR count). The number of hydrogen-bond acceptors (Lipinski definition) is 4. The lowest BCUT2D eigenvalue weighted by molar-refractivity contribution is -0.188. The van der Waals surface area contributed by atoms with Crippen LogP contribution >= 0.6 is 0 Å². The molecule has 0 radical (unpaired) electrons. The first-order chi connectivity index (χ1) is 10.6. The van der Waals surface area contributed by atoms with E-state index < -0.39 is 0 Å². The zero-order valence-corrected chi connectivity index (χ0v) is 13.2. The van der Waals surface area contributed by atoms with Gasteiger partial charge in [-0.2, -0.15) is 0 Å². The van der Waals surface area contributed by atoms with E-state index in [0.29, 0.717) is 6.54 Å². The fourth-order valence-electron chi connectivity index (χ4n) is 2.13. The van der Waals surface area contributed by atoms with Gasteiger partial charge in [-0.3, -0.25) is 0 Å². The molecule has 0 bridgehead atoms. The smallest absolute Gasteiger partial charge is 0.332 e. The second-order valence-electron chi connectivity index (χ2n) is 5.18. The molecule has 22 heavy (non-hydrogen) atoms. The minimum Gasteiger partial charge on any atom is -0.497 e. The van der Waals surface area contributed by atoms with E-state index in [-0.39, 0.29) is 11.9 Å². The number of methoxy groups -OCH3 is 1. The van der Waals surface area contributed by atoms with Crippen molar-refractivity contribution >= 4 is 5.97 Å². The lowest BCUT2D eigenvalue weighted by Crippen LogP contribution is -2.25. The van der Waals surface area contributed by atoms with Crippen LogP contribution in [0.4, 0.5) is 0 Å². The minimum absolute atomic E-state index is 0.274. The maximum Gasteiger partial charge on any atom is 0.332 e. The first-order valence-corrected chi connectivity index (χ1v) is 7.21. The Bertz CT molecular complexity index is 595. The van der Waals surface area contributed by atoms with E-state index in [9.17, 15) is 4.79 Å². The van der Waals surface area contributed by atoms with Crippen LogP contribution in [0, 0.1) is 0 Å². The summed E-state index contributed by atoms with van der Waals surface area (Å²) in [5.41, 5.74) is 1.99. The number of ether oxygens (including phenoxy) is 1. The Labute approximate surface area is 131 Å². The maximum atomic E-state index is 12.2. The molecule has 0 aliphatic heterocycles. The van der Waals surface area contributed by atoms with Crippen LogP contribution < -0.4 is 4.74 Å². The first-order valence-electron chi connectivity index (χ1n) is 7.21. The van der Waals surface area contributed by atoms with E-state index in [2.05, 4.69) is 0 Å². The van der Waals surface area contributed by atoms with Crippen LogP contribution in [0.5, 0.6) is 5.75 Å². The third-order valence-electron chi connectivity index (χ3n) is 3.46. The predicted molar refractivity (Wildman–Crippen MR) is 85.4 cm³/mol. The number of hydroxylamine groups is 2. The summed E-state index contributed by atoms with van der Waals surface area (Å²) in [4.78, 5) is 17.6. The highest BCUT2D eigenvalue weighted by molar-refractivity contribution is 5.77. The van der Waals surface area contributed by atoms with Crippen molar-refractivity contribution in [2.45, 2.75) is 19.4 Å². The average molecular weight is 299 g/mol. The van der Waals surface area contributed by atoms with Crippen molar-refractivity contribution in [2.75, 3.05) is 14.2 Å². The Balaban J connectivity index is 1.92. The molecule has 2 aromatic carbocycles. The van der Waals surface area contributed by atoms with Gasteiger partial charge in [-0.25, -0.2) is 4.79 Å². The van der Waals surface area contributed by atoms with Gasteiger partial charge in [0, 0.05) is 7.05 Å². The van der Waals surface area contributed by atoms with Crippen molar-refractivity contribution in [1.29, 1.82) is 0 Å². The molecule has 0 aromatic heterocycles. The predicted octanol–water partition coefficient (Wildman–Crippen LogP) is 3.39. The fraction of sp³-hybridized carbons (Fsp3) is 0.278. The van der Waals surface area contributed by atoms with Gasteiger partial charge in [-0.05, 0) is 30.2 Å². The van der Waals surface area contributed by atoms with Gasteiger partial charge in [0.1, 0.15) is 5.75 Å². The van der Waals surface area contributed by atoms with Crippen LogP contribution in [0.1, 0.15) is 24.0 Å². The zero-order chi connectivity index (χ0) is 15.9. The van der Waals surface area contributed by atoms with Crippen molar-refractivity contribution in [2.24, 2.45) is 0 Å². The van der Waals surface area contributed by atoms with Crippen molar-refractivity contribution in [3.8, 4) is 5.75 Å². The highest BCUT2D eigenvalue weighted by Crippen LogP contribution is 2.20. The average Bonchev–Trinajstić information content (AvgIpc) is 2.55. The number of hydrogen-bond donors (Lipinski definition) is 0. The molecule has 0 saturated carbocycles. The lowest BCUT2D eigenvalue weighted by Gasteiger charge is -2.19. The molecular formula is C18H21NO3. The van der Waals surface area contributed by atoms with Gasteiger partial charge in [0.2, 0.25) is 0 Å². The van der Waals surface area contributed by atoms with Crippen LogP contribution in [0.25, 0.3) is 0 Å². The maximum absolute atomic E-state index is 12.2. The van der Waals surface area contributed by atoms with Gasteiger partial charge in [0.15, 0.2) is 0 Å². The standard InChI is InChI=1S/C18H21NO3/c1-14(16-9-11-17(21-3)12-10-16)18(20)22-19(2)13-15-7-5-4-6-8-15/h4-12,14H,13H2,1-3H3. The number of benzene rings is 2. The molecule has 0 spiro atoms. The number of carbonyl (C=O) groups excluding carboxylic acids is 1. The van der Waals surface area contributed by atoms with E-state index in [0.717, 1.165) is 16.9 Å². The summed E-state index contributed by atoms with van der Waals surface area (Å²) >= 11 is 0. The van der Waals surface area contributed by atoms with Gasteiger partial charge < -0.3 is 9.57 Å². The van der Waals surface area contributed by atoms with Crippen molar-refractivity contribution < 1.29 is 14.4 Å². The minimum atomic E-state index is -0.330. The summed E-state index contributed by atoms with van der Waals surface area (Å²) in [7, 11) is 3.37. The van der Waals surface area contributed by atoms with Crippen molar-refractivity contribution in [3.05, 3.63) is 65.7 Å². The van der Waals surface area contributed by atoms with Gasteiger partial charge in [-0.1, -0.05) is 42.5 Å². The summed E-state index contributed by atoms with van der Waals surface area (Å²) in [5, 5.41) is 1.55. The Morgan fingerprint density at radius 3 is 2.32 bits per heavy atom. The molecule has 0 heterocycles. The molecule has 4 heteroatoms. The Morgan fingerprint density at radius 1 is 1.09 bits per heavy atom. The molecule has 0 fully saturated rings. The normalized spacial score (nSPS) is 12.0. The second-order valence-corrected chi connectivity index (χ2v) is 5.18. The Hall–Kier alpha value is -2.33. The first kappa shape index (κ1) is 16.0. The Morgan fingerprint density at radius 2 is 1.73 bits per heavy atom. The molecule has 116 valence electrons. The molecule has 0 aliphatic carbocycles. The molecule has 0 saturated heterocycles. The highest BCUT2D eigenvalue weighted by Gasteiger charge is 2.19. The molecule has 2 aromatic rings. The number of carbonyl (C=O) groups is 1. The van der Waals surface area contributed by atoms with Crippen LogP contribution in [0.3, 0.4) is 0 Å². The van der Waals surface area contributed by atoms with Gasteiger partial charge in [-0.15, -0.1) is 5.06 Å². The summed E-state index contributed by atoms with van der Waals surface area (Å²) in [6.45, 7) is 2.39. The van der Waals surface area contributed by atoms with Gasteiger partial charge in [0.05, 0.1) is 19.6 Å². The molecule has 4 nitrogen and oxygen atoms in total. The topological polar surface area (TPSA) is 38.8 Å². The highest BCUT2D eigenvalue weighted by atomic mass is 16.7. The van der Waals surface area contributed by atoms with Crippen LogP contribution in [0.2, 0.25) is 0 Å². The Kier molecular flexibility index (Phi) is 5.55. The number of rotatable bonds is 6.